The molecule has 0 radical (unpaired) electrons. The molecular weight excluding hydrogens is 292 g/mol. The number of aromatic nitrogens is 2. The summed E-state index contributed by atoms with van der Waals surface area (Å²) >= 11 is 5.80. The minimum atomic E-state index is -0.319. The number of benzene rings is 1. The first-order chi connectivity index (χ1) is 10.0. The Balaban J connectivity index is 1.74. The van der Waals surface area contributed by atoms with Crippen LogP contribution in [0.1, 0.15) is 6.92 Å². The summed E-state index contributed by atoms with van der Waals surface area (Å²) in [5, 5.41) is 10.1. The van der Waals surface area contributed by atoms with Gasteiger partial charge in [-0.05, 0) is 31.2 Å². The normalized spacial score (nSPS) is 11.8. The SMILES string of the molecule is C[C@H](CNC(=O)Nc1ccn(C)n1)Oc1ccc(Cl)cc1. The number of amides is 2. The molecule has 0 unspecified atom stereocenters. The number of hydrogen-bond acceptors (Lipinski definition) is 3. The van der Waals surface area contributed by atoms with E-state index in [4.69, 9.17) is 16.3 Å². The Morgan fingerprint density at radius 2 is 2.10 bits per heavy atom. The van der Waals surface area contributed by atoms with Gasteiger partial charge in [-0.2, -0.15) is 5.10 Å². The van der Waals surface area contributed by atoms with Crippen LogP contribution in [0.2, 0.25) is 5.02 Å². The summed E-state index contributed by atoms with van der Waals surface area (Å²) in [6, 6.07) is 8.47. The molecule has 1 aromatic carbocycles. The molecule has 0 aliphatic carbocycles. The lowest BCUT2D eigenvalue weighted by Crippen LogP contribution is -2.36. The third-order valence-corrected chi connectivity index (χ3v) is 2.91. The molecule has 1 heterocycles. The first-order valence-electron chi connectivity index (χ1n) is 6.49. The molecule has 0 aliphatic rings. The van der Waals surface area contributed by atoms with Gasteiger partial charge < -0.3 is 10.1 Å². The van der Waals surface area contributed by atoms with Crippen LogP contribution in [0.5, 0.6) is 5.75 Å². The molecule has 6 nitrogen and oxygen atoms in total. The van der Waals surface area contributed by atoms with Crippen LogP contribution >= 0.6 is 11.6 Å². The minimum absolute atomic E-state index is 0.166. The molecule has 0 aliphatic heterocycles. The zero-order valence-corrected chi connectivity index (χ0v) is 12.6. The summed E-state index contributed by atoms with van der Waals surface area (Å²) in [5.74, 6) is 1.21. The smallest absolute Gasteiger partial charge is 0.320 e. The number of urea groups is 1. The number of carbonyl (C=O) groups excluding carboxylic acids is 1. The molecule has 1 aromatic heterocycles. The largest absolute Gasteiger partial charge is 0.489 e. The molecule has 0 saturated heterocycles. The number of carbonyl (C=O) groups is 1. The summed E-state index contributed by atoms with van der Waals surface area (Å²) in [4.78, 5) is 11.7. The van der Waals surface area contributed by atoms with Gasteiger partial charge in [0.2, 0.25) is 0 Å². The summed E-state index contributed by atoms with van der Waals surface area (Å²) in [7, 11) is 1.78. The number of ether oxygens (including phenoxy) is 1. The molecule has 2 rings (SSSR count). The van der Waals surface area contributed by atoms with Gasteiger partial charge in [-0.15, -0.1) is 0 Å². The topological polar surface area (TPSA) is 68.2 Å². The van der Waals surface area contributed by atoms with Crippen LogP contribution in [0, 0.1) is 0 Å². The second-order valence-electron chi connectivity index (χ2n) is 4.59. The average Bonchev–Trinajstić information content (AvgIpc) is 2.84. The van der Waals surface area contributed by atoms with Gasteiger partial charge in [0.25, 0.3) is 0 Å². The zero-order valence-electron chi connectivity index (χ0n) is 11.8. The Morgan fingerprint density at radius 3 is 2.71 bits per heavy atom. The van der Waals surface area contributed by atoms with E-state index >= 15 is 0 Å². The van der Waals surface area contributed by atoms with Crippen LogP contribution < -0.4 is 15.4 Å². The number of nitrogens with zero attached hydrogens (tertiary/aromatic N) is 2. The lowest BCUT2D eigenvalue weighted by molar-refractivity contribution is 0.212. The van der Waals surface area contributed by atoms with E-state index in [1.807, 2.05) is 6.92 Å². The van der Waals surface area contributed by atoms with Crippen molar-refractivity contribution in [2.75, 3.05) is 11.9 Å². The Hall–Kier alpha value is -2.21. The fraction of sp³-hybridized carbons (Fsp3) is 0.286. The van der Waals surface area contributed by atoms with E-state index in [-0.39, 0.29) is 12.1 Å². The van der Waals surface area contributed by atoms with Crippen LogP contribution in [0.4, 0.5) is 10.6 Å². The Kier molecular flexibility index (Phi) is 5.05. The van der Waals surface area contributed by atoms with Gasteiger partial charge in [-0.25, -0.2) is 4.79 Å². The number of anilines is 1. The van der Waals surface area contributed by atoms with E-state index in [1.54, 1.807) is 48.3 Å². The van der Waals surface area contributed by atoms with Crippen LogP contribution in [-0.4, -0.2) is 28.5 Å². The highest BCUT2D eigenvalue weighted by molar-refractivity contribution is 6.30. The molecule has 2 aromatic rings. The van der Waals surface area contributed by atoms with Gasteiger partial charge in [0, 0.05) is 24.3 Å². The molecule has 0 bridgehead atoms. The Morgan fingerprint density at radius 1 is 1.38 bits per heavy atom. The number of halogens is 1. The predicted molar refractivity (Wildman–Crippen MR) is 81.8 cm³/mol. The van der Waals surface area contributed by atoms with Crippen molar-refractivity contribution in [3.8, 4) is 5.75 Å². The molecule has 1 atom stereocenters. The van der Waals surface area contributed by atoms with E-state index in [0.29, 0.717) is 23.1 Å². The highest BCUT2D eigenvalue weighted by Gasteiger charge is 2.08. The predicted octanol–water partition coefficient (Wildman–Crippen LogP) is 2.66. The van der Waals surface area contributed by atoms with Crippen molar-refractivity contribution in [1.82, 2.24) is 15.1 Å². The molecule has 112 valence electrons. The highest BCUT2D eigenvalue weighted by Crippen LogP contribution is 2.16. The summed E-state index contributed by atoms with van der Waals surface area (Å²) < 4.78 is 7.27. The maximum absolute atomic E-state index is 11.7. The number of nitrogens with one attached hydrogen (secondary N) is 2. The molecule has 2 amide bonds. The molecule has 0 spiro atoms. The van der Waals surface area contributed by atoms with Crippen molar-refractivity contribution >= 4 is 23.4 Å². The van der Waals surface area contributed by atoms with Gasteiger partial charge >= 0.3 is 6.03 Å². The second kappa shape index (κ2) is 6.99. The van der Waals surface area contributed by atoms with E-state index < -0.39 is 0 Å². The monoisotopic (exact) mass is 308 g/mol. The van der Waals surface area contributed by atoms with Crippen LogP contribution in [0.3, 0.4) is 0 Å². The molecule has 2 N–H and O–H groups in total. The average molecular weight is 309 g/mol. The Labute approximate surface area is 128 Å². The van der Waals surface area contributed by atoms with Gasteiger partial charge in [-0.3, -0.25) is 10.00 Å². The van der Waals surface area contributed by atoms with Crippen molar-refractivity contribution in [3.05, 3.63) is 41.6 Å². The van der Waals surface area contributed by atoms with Crippen molar-refractivity contribution in [3.63, 3.8) is 0 Å². The second-order valence-corrected chi connectivity index (χ2v) is 5.03. The van der Waals surface area contributed by atoms with E-state index in [0.717, 1.165) is 0 Å². The fourth-order valence-corrected chi connectivity index (χ4v) is 1.79. The molecular formula is C14H17ClN4O2. The summed E-state index contributed by atoms with van der Waals surface area (Å²) in [5.41, 5.74) is 0. The van der Waals surface area contributed by atoms with Gasteiger partial charge in [0.1, 0.15) is 11.9 Å². The lowest BCUT2D eigenvalue weighted by Gasteiger charge is -2.15. The van der Waals surface area contributed by atoms with Crippen LogP contribution in [-0.2, 0) is 7.05 Å². The van der Waals surface area contributed by atoms with E-state index in [1.165, 1.54) is 0 Å². The van der Waals surface area contributed by atoms with Crippen LogP contribution in [0.25, 0.3) is 0 Å². The standard InChI is InChI=1S/C14H17ClN4O2/c1-10(21-12-5-3-11(15)4-6-12)9-16-14(20)17-13-7-8-19(2)18-13/h3-8,10H,9H2,1-2H3,(H2,16,17,18,20)/t10-/m1/s1. The van der Waals surface area contributed by atoms with Gasteiger partial charge in [0.05, 0.1) is 6.54 Å². The zero-order chi connectivity index (χ0) is 15.2. The maximum atomic E-state index is 11.7. The first kappa shape index (κ1) is 15.2. The van der Waals surface area contributed by atoms with Crippen LogP contribution in [0.15, 0.2) is 36.5 Å². The fourth-order valence-electron chi connectivity index (χ4n) is 1.67. The van der Waals surface area contributed by atoms with Gasteiger partial charge in [-0.1, -0.05) is 11.6 Å². The van der Waals surface area contributed by atoms with Crippen molar-refractivity contribution in [2.24, 2.45) is 7.05 Å². The first-order valence-corrected chi connectivity index (χ1v) is 6.87. The molecule has 7 heteroatoms. The van der Waals surface area contributed by atoms with Crippen molar-refractivity contribution in [1.29, 1.82) is 0 Å². The third kappa shape index (κ3) is 5.00. The molecule has 21 heavy (non-hydrogen) atoms. The van der Waals surface area contributed by atoms with E-state index in [9.17, 15) is 4.79 Å². The van der Waals surface area contributed by atoms with Crippen molar-refractivity contribution < 1.29 is 9.53 Å². The quantitative estimate of drug-likeness (QED) is 0.892. The minimum Gasteiger partial charge on any atom is -0.489 e. The maximum Gasteiger partial charge on any atom is 0.320 e. The number of hydrogen-bond donors (Lipinski definition) is 2. The van der Waals surface area contributed by atoms with E-state index in [2.05, 4.69) is 15.7 Å². The van der Waals surface area contributed by atoms with Crippen molar-refractivity contribution in [2.45, 2.75) is 13.0 Å². The Bertz CT molecular complexity index is 597. The lowest BCUT2D eigenvalue weighted by atomic mass is 10.3. The molecule has 0 saturated carbocycles. The highest BCUT2D eigenvalue weighted by atomic mass is 35.5. The third-order valence-electron chi connectivity index (χ3n) is 2.66. The van der Waals surface area contributed by atoms with Gasteiger partial charge in [0.15, 0.2) is 5.82 Å². The number of aryl methyl sites for hydroxylation is 1. The number of rotatable bonds is 5. The molecule has 0 fully saturated rings. The summed E-state index contributed by atoms with van der Waals surface area (Å²) in [6.07, 6.45) is 1.59. The summed E-state index contributed by atoms with van der Waals surface area (Å²) in [6.45, 7) is 2.25.